The molecule has 0 saturated heterocycles. The maximum absolute atomic E-state index is 14.8. The molecule has 100 valence electrons. The smallest absolute Gasteiger partial charge is 0.155 e. The predicted octanol–water partition coefficient (Wildman–Crippen LogP) is 3.42. The van der Waals surface area contributed by atoms with Crippen LogP contribution in [0.5, 0.6) is 0 Å². The summed E-state index contributed by atoms with van der Waals surface area (Å²) in [6.45, 7) is -0.205. The molecular weight excluding hydrogens is 276 g/mol. The fraction of sp³-hybridized carbons (Fsp3) is 0.538. The van der Waals surface area contributed by atoms with Crippen LogP contribution < -0.4 is 5.73 Å². The molecule has 1 aliphatic rings. The number of halogens is 3. The standard InChI is InChI=1S/C13H16Cl2FNO/c14-10-4-3-9(7-11(10)15)13(18)6-2-1-5-12(13,16)8-17/h3-4,7,18H,1-2,5-6,8,17H2/t12-,13-/m1/s1. The second-order valence-corrected chi connectivity index (χ2v) is 5.68. The van der Waals surface area contributed by atoms with Crippen molar-refractivity contribution >= 4 is 23.2 Å². The van der Waals surface area contributed by atoms with Gasteiger partial charge in [0.05, 0.1) is 10.0 Å². The van der Waals surface area contributed by atoms with Crippen LogP contribution in [0.25, 0.3) is 0 Å². The Hall–Kier alpha value is -0.350. The van der Waals surface area contributed by atoms with E-state index in [1.54, 1.807) is 12.1 Å². The van der Waals surface area contributed by atoms with Crippen molar-refractivity contribution in [1.29, 1.82) is 0 Å². The van der Waals surface area contributed by atoms with Gasteiger partial charge < -0.3 is 10.8 Å². The molecule has 1 saturated carbocycles. The van der Waals surface area contributed by atoms with E-state index in [0.717, 1.165) is 12.8 Å². The lowest BCUT2D eigenvalue weighted by molar-refractivity contribution is -0.132. The number of hydrogen-bond donors (Lipinski definition) is 2. The summed E-state index contributed by atoms with van der Waals surface area (Å²) in [7, 11) is 0. The topological polar surface area (TPSA) is 46.2 Å². The van der Waals surface area contributed by atoms with Gasteiger partial charge in [0.1, 0.15) is 5.60 Å². The van der Waals surface area contributed by atoms with E-state index in [1.165, 1.54) is 6.07 Å². The Labute approximate surface area is 116 Å². The third-order valence-corrected chi connectivity index (χ3v) is 4.56. The van der Waals surface area contributed by atoms with Crippen LogP contribution in [0.4, 0.5) is 4.39 Å². The van der Waals surface area contributed by atoms with E-state index < -0.39 is 11.3 Å². The van der Waals surface area contributed by atoms with E-state index in [9.17, 15) is 9.50 Å². The molecule has 3 N–H and O–H groups in total. The number of alkyl halides is 1. The summed E-state index contributed by atoms with van der Waals surface area (Å²) in [4.78, 5) is 0. The van der Waals surface area contributed by atoms with Crippen LogP contribution in [0.15, 0.2) is 18.2 Å². The van der Waals surface area contributed by atoms with Crippen molar-refractivity contribution in [2.45, 2.75) is 37.0 Å². The lowest BCUT2D eigenvalue weighted by atomic mass is 9.69. The van der Waals surface area contributed by atoms with Gasteiger partial charge in [0, 0.05) is 6.54 Å². The van der Waals surface area contributed by atoms with Crippen molar-refractivity contribution in [3.63, 3.8) is 0 Å². The summed E-state index contributed by atoms with van der Waals surface area (Å²) >= 11 is 11.8. The Morgan fingerprint density at radius 3 is 2.50 bits per heavy atom. The van der Waals surface area contributed by atoms with Crippen molar-refractivity contribution in [2.75, 3.05) is 6.54 Å². The Balaban J connectivity index is 2.47. The highest BCUT2D eigenvalue weighted by Crippen LogP contribution is 2.47. The third kappa shape index (κ3) is 2.14. The van der Waals surface area contributed by atoms with Crippen molar-refractivity contribution < 1.29 is 9.50 Å². The number of nitrogens with two attached hydrogens (primary N) is 1. The third-order valence-electron chi connectivity index (χ3n) is 3.82. The van der Waals surface area contributed by atoms with E-state index in [1.807, 2.05) is 0 Å². The van der Waals surface area contributed by atoms with E-state index in [2.05, 4.69) is 0 Å². The molecule has 0 amide bonds. The van der Waals surface area contributed by atoms with Gasteiger partial charge in [-0.05, 0) is 43.4 Å². The van der Waals surface area contributed by atoms with E-state index in [4.69, 9.17) is 28.9 Å². The lowest BCUT2D eigenvalue weighted by Crippen LogP contribution is -2.55. The van der Waals surface area contributed by atoms with Gasteiger partial charge in [0.2, 0.25) is 0 Å². The van der Waals surface area contributed by atoms with Gasteiger partial charge >= 0.3 is 0 Å². The molecule has 2 rings (SSSR count). The van der Waals surface area contributed by atoms with E-state index in [0.29, 0.717) is 22.0 Å². The molecule has 1 aromatic carbocycles. The maximum Gasteiger partial charge on any atom is 0.155 e. The summed E-state index contributed by atoms with van der Waals surface area (Å²) < 4.78 is 14.8. The molecule has 18 heavy (non-hydrogen) atoms. The first-order valence-electron chi connectivity index (χ1n) is 6.00. The van der Waals surface area contributed by atoms with Gasteiger partial charge in [-0.25, -0.2) is 4.39 Å². The van der Waals surface area contributed by atoms with Crippen LogP contribution in [0.3, 0.4) is 0 Å². The monoisotopic (exact) mass is 291 g/mol. The van der Waals surface area contributed by atoms with Gasteiger partial charge in [-0.1, -0.05) is 29.3 Å². The number of rotatable bonds is 2. The summed E-state index contributed by atoms with van der Waals surface area (Å²) in [6.07, 6.45) is 2.11. The molecule has 0 spiro atoms. The van der Waals surface area contributed by atoms with Crippen molar-refractivity contribution in [3.8, 4) is 0 Å². The molecule has 0 aliphatic heterocycles. The zero-order chi connectivity index (χ0) is 13.4. The Bertz CT molecular complexity index is 457. The Morgan fingerprint density at radius 1 is 1.22 bits per heavy atom. The van der Waals surface area contributed by atoms with Gasteiger partial charge in [0.25, 0.3) is 0 Å². The van der Waals surface area contributed by atoms with Gasteiger partial charge in [-0.2, -0.15) is 0 Å². The number of aliphatic hydroxyl groups is 1. The zero-order valence-corrected chi connectivity index (χ0v) is 11.4. The van der Waals surface area contributed by atoms with Crippen LogP contribution in [-0.2, 0) is 5.60 Å². The largest absolute Gasteiger partial charge is 0.382 e. The SMILES string of the molecule is NC[C@]1(F)CCCC[C@@]1(O)c1ccc(Cl)c(Cl)c1. The van der Waals surface area contributed by atoms with Gasteiger partial charge in [-0.15, -0.1) is 0 Å². The van der Waals surface area contributed by atoms with Gasteiger partial charge in [-0.3, -0.25) is 0 Å². The second-order valence-electron chi connectivity index (χ2n) is 4.87. The van der Waals surface area contributed by atoms with Crippen LogP contribution in [0.1, 0.15) is 31.2 Å². The molecule has 0 radical (unpaired) electrons. The molecular formula is C13H16Cl2FNO. The minimum Gasteiger partial charge on any atom is -0.382 e. The summed E-state index contributed by atoms with van der Waals surface area (Å²) in [5.41, 5.74) is 2.59. The molecule has 1 fully saturated rings. The normalized spacial score (nSPS) is 32.5. The maximum atomic E-state index is 14.8. The Morgan fingerprint density at radius 2 is 1.89 bits per heavy atom. The summed E-state index contributed by atoms with van der Waals surface area (Å²) in [5.74, 6) is 0. The fourth-order valence-electron chi connectivity index (χ4n) is 2.64. The first-order chi connectivity index (χ1) is 8.43. The molecule has 1 aliphatic carbocycles. The molecule has 0 unspecified atom stereocenters. The van der Waals surface area contributed by atoms with Crippen LogP contribution in [-0.4, -0.2) is 17.3 Å². The second kappa shape index (κ2) is 4.97. The average Bonchev–Trinajstić information content (AvgIpc) is 2.36. The number of benzene rings is 1. The first kappa shape index (κ1) is 14.1. The molecule has 2 nitrogen and oxygen atoms in total. The fourth-order valence-corrected chi connectivity index (χ4v) is 2.94. The Kier molecular flexibility index (Phi) is 3.88. The van der Waals surface area contributed by atoms with E-state index >= 15 is 0 Å². The highest BCUT2D eigenvalue weighted by Gasteiger charge is 2.52. The molecule has 0 bridgehead atoms. The zero-order valence-electron chi connectivity index (χ0n) is 9.93. The highest BCUT2D eigenvalue weighted by molar-refractivity contribution is 6.42. The minimum absolute atomic E-state index is 0.205. The van der Waals surface area contributed by atoms with Crippen LogP contribution >= 0.6 is 23.2 Å². The van der Waals surface area contributed by atoms with Crippen molar-refractivity contribution in [3.05, 3.63) is 33.8 Å². The molecule has 1 aromatic rings. The average molecular weight is 292 g/mol. The van der Waals surface area contributed by atoms with Crippen molar-refractivity contribution in [2.24, 2.45) is 5.73 Å². The summed E-state index contributed by atoms with van der Waals surface area (Å²) in [5, 5.41) is 11.4. The predicted molar refractivity (Wildman–Crippen MR) is 71.7 cm³/mol. The molecule has 0 aromatic heterocycles. The van der Waals surface area contributed by atoms with Crippen molar-refractivity contribution in [1.82, 2.24) is 0 Å². The van der Waals surface area contributed by atoms with E-state index in [-0.39, 0.29) is 13.0 Å². The molecule has 5 heteroatoms. The van der Waals surface area contributed by atoms with Crippen LogP contribution in [0, 0.1) is 0 Å². The quantitative estimate of drug-likeness (QED) is 0.877. The minimum atomic E-state index is -1.80. The lowest BCUT2D eigenvalue weighted by Gasteiger charge is -2.45. The molecule has 0 heterocycles. The van der Waals surface area contributed by atoms with Gasteiger partial charge in [0.15, 0.2) is 5.67 Å². The molecule has 2 atom stereocenters. The first-order valence-corrected chi connectivity index (χ1v) is 6.75. The van der Waals surface area contributed by atoms with Crippen LogP contribution in [0.2, 0.25) is 10.0 Å². The summed E-state index contributed by atoms with van der Waals surface area (Å²) in [6, 6.07) is 4.71. The highest BCUT2D eigenvalue weighted by atomic mass is 35.5. The number of hydrogen-bond acceptors (Lipinski definition) is 2.